The van der Waals surface area contributed by atoms with Gasteiger partial charge in [0.25, 0.3) is 0 Å². The molecule has 1 aromatic heterocycles. The van der Waals surface area contributed by atoms with Crippen LogP contribution in [0.2, 0.25) is 0 Å². The SMILES string of the molecule is CN1C(c2ccc(-c3ccc4ccc5sc6ccccc6c5c4c3)c3ccccc23)=Nc2ccccc2C1c1ccccc1. The molecule has 208 valence electrons. The van der Waals surface area contributed by atoms with Gasteiger partial charge in [-0.3, -0.25) is 0 Å². The van der Waals surface area contributed by atoms with Crippen LogP contribution in [0.15, 0.2) is 151 Å². The van der Waals surface area contributed by atoms with E-state index in [0.29, 0.717) is 0 Å². The number of benzene rings is 7. The summed E-state index contributed by atoms with van der Waals surface area (Å²) >= 11 is 1.87. The van der Waals surface area contributed by atoms with Crippen LogP contribution in [0.25, 0.3) is 52.8 Å². The number of hydrogen-bond acceptors (Lipinski definition) is 3. The van der Waals surface area contributed by atoms with Crippen LogP contribution in [-0.4, -0.2) is 17.8 Å². The normalized spacial score (nSPS) is 14.8. The Bertz CT molecular complexity index is 2420. The standard InChI is InChI=1S/C41H28N2S/c1-43-40(27-11-3-2-4-12-27)33-15-7-9-17-36(33)42-41(43)32-23-22-29(30-13-5-6-14-31(30)32)28-20-19-26-21-24-38-39(35(26)25-28)34-16-8-10-18-37(34)44-38/h2-25,40H,1H3. The van der Waals surface area contributed by atoms with Crippen molar-refractivity contribution in [2.45, 2.75) is 6.04 Å². The smallest absolute Gasteiger partial charge is 0.137 e. The Morgan fingerprint density at radius 3 is 2.11 bits per heavy atom. The van der Waals surface area contributed by atoms with Crippen LogP contribution < -0.4 is 0 Å². The topological polar surface area (TPSA) is 15.6 Å². The molecule has 0 aliphatic carbocycles. The van der Waals surface area contributed by atoms with Gasteiger partial charge in [0.1, 0.15) is 5.84 Å². The Kier molecular flexibility index (Phi) is 5.69. The van der Waals surface area contributed by atoms with Crippen molar-refractivity contribution in [2.24, 2.45) is 4.99 Å². The summed E-state index contributed by atoms with van der Waals surface area (Å²) in [6.07, 6.45) is 0. The van der Waals surface area contributed by atoms with Gasteiger partial charge in [-0.15, -0.1) is 11.3 Å². The van der Waals surface area contributed by atoms with Crippen molar-refractivity contribution in [1.29, 1.82) is 0 Å². The van der Waals surface area contributed by atoms with Crippen LogP contribution in [0.5, 0.6) is 0 Å². The first kappa shape index (κ1) is 25.3. The summed E-state index contributed by atoms with van der Waals surface area (Å²) in [6, 6.07) is 53.0. The first-order valence-corrected chi connectivity index (χ1v) is 15.9. The highest BCUT2D eigenvalue weighted by Gasteiger charge is 2.30. The van der Waals surface area contributed by atoms with Gasteiger partial charge < -0.3 is 4.90 Å². The van der Waals surface area contributed by atoms with Gasteiger partial charge in [0.2, 0.25) is 0 Å². The fourth-order valence-electron chi connectivity index (χ4n) is 7.09. The summed E-state index contributed by atoms with van der Waals surface area (Å²) in [5, 5.41) is 7.72. The maximum atomic E-state index is 5.27. The van der Waals surface area contributed by atoms with Crippen LogP contribution in [0.1, 0.15) is 22.7 Å². The molecule has 0 bridgehead atoms. The molecule has 1 aliphatic heterocycles. The minimum absolute atomic E-state index is 0.0849. The van der Waals surface area contributed by atoms with Gasteiger partial charge in [0.05, 0.1) is 11.7 Å². The fraction of sp³-hybridized carbons (Fsp3) is 0.0488. The largest absolute Gasteiger partial charge is 0.348 e. The van der Waals surface area contributed by atoms with Gasteiger partial charge in [0, 0.05) is 38.3 Å². The molecule has 2 nitrogen and oxygen atoms in total. The number of hydrogen-bond donors (Lipinski definition) is 0. The molecular formula is C41H28N2S. The van der Waals surface area contributed by atoms with E-state index in [1.165, 1.54) is 64.0 Å². The molecule has 0 spiro atoms. The highest BCUT2D eigenvalue weighted by molar-refractivity contribution is 7.26. The summed E-state index contributed by atoms with van der Waals surface area (Å²) in [7, 11) is 2.18. The van der Waals surface area contributed by atoms with E-state index >= 15 is 0 Å². The number of fused-ring (bicyclic) bond motifs is 7. The van der Waals surface area contributed by atoms with E-state index in [1.54, 1.807) is 0 Å². The van der Waals surface area contributed by atoms with Crippen molar-refractivity contribution in [1.82, 2.24) is 4.90 Å². The van der Waals surface area contributed by atoms with Crippen molar-refractivity contribution in [3.05, 3.63) is 162 Å². The van der Waals surface area contributed by atoms with Gasteiger partial charge in [-0.25, -0.2) is 4.99 Å². The summed E-state index contributed by atoms with van der Waals surface area (Å²) in [6.45, 7) is 0. The molecule has 2 heterocycles. The zero-order chi connectivity index (χ0) is 29.2. The molecule has 7 aromatic carbocycles. The zero-order valence-corrected chi connectivity index (χ0v) is 25.1. The van der Waals surface area contributed by atoms with Crippen LogP contribution in [0.3, 0.4) is 0 Å². The van der Waals surface area contributed by atoms with Gasteiger partial charge in [-0.1, -0.05) is 121 Å². The molecule has 0 radical (unpaired) electrons. The minimum atomic E-state index is 0.0849. The third kappa shape index (κ3) is 3.83. The zero-order valence-electron chi connectivity index (χ0n) is 24.2. The van der Waals surface area contributed by atoms with Crippen molar-refractivity contribution < 1.29 is 0 Å². The average Bonchev–Trinajstić information content (AvgIpc) is 3.47. The second-order valence-corrected chi connectivity index (χ2v) is 12.7. The Morgan fingerprint density at radius 2 is 1.25 bits per heavy atom. The summed E-state index contributed by atoms with van der Waals surface area (Å²) in [5.74, 6) is 0.991. The number of aliphatic imine (C=N–C) groups is 1. The van der Waals surface area contributed by atoms with Crippen LogP contribution in [0.4, 0.5) is 5.69 Å². The molecule has 1 atom stereocenters. The lowest BCUT2D eigenvalue weighted by Crippen LogP contribution is -2.35. The van der Waals surface area contributed by atoms with E-state index in [1.807, 2.05) is 11.3 Å². The highest BCUT2D eigenvalue weighted by Crippen LogP contribution is 2.43. The van der Waals surface area contributed by atoms with E-state index in [4.69, 9.17) is 4.99 Å². The Hall–Kier alpha value is -5.25. The Labute approximate surface area is 260 Å². The lowest BCUT2D eigenvalue weighted by Gasteiger charge is -2.36. The number of rotatable bonds is 3. The minimum Gasteiger partial charge on any atom is -0.348 e. The van der Waals surface area contributed by atoms with Gasteiger partial charge >= 0.3 is 0 Å². The number of amidine groups is 1. The van der Waals surface area contributed by atoms with Crippen molar-refractivity contribution >= 4 is 64.6 Å². The molecule has 0 saturated carbocycles. The van der Waals surface area contributed by atoms with Gasteiger partial charge in [-0.2, -0.15) is 0 Å². The van der Waals surface area contributed by atoms with E-state index in [-0.39, 0.29) is 6.04 Å². The predicted molar refractivity (Wildman–Crippen MR) is 188 cm³/mol. The van der Waals surface area contributed by atoms with Crippen molar-refractivity contribution in [3.8, 4) is 11.1 Å². The number of thiophene rings is 1. The van der Waals surface area contributed by atoms with Crippen LogP contribution >= 0.6 is 11.3 Å². The average molecular weight is 581 g/mol. The molecule has 1 aliphatic rings. The van der Waals surface area contributed by atoms with E-state index in [0.717, 1.165) is 17.1 Å². The van der Waals surface area contributed by atoms with Crippen LogP contribution in [0, 0.1) is 0 Å². The first-order valence-electron chi connectivity index (χ1n) is 15.1. The van der Waals surface area contributed by atoms with E-state index < -0.39 is 0 Å². The Balaban J connectivity index is 1.24. The third-order valence-corrected chi connectivity index (χ3v) is 10.3. The second kappa shape index (κ2) is 9.90. The maximum absolute atomic E-state index is 5.27. The molecule has 44 heavy (non-hydrogen) atoms. The maximum Gasteiger partial charge on any atom is 0.137 e. The molecular weight excluding hydrogens is 553 g/mol. The number of nitrogens with zero attached hydrogens (tertiary/aromatic N) is 2. The first-order chi connectivity index (χ1) is 21.7. The second-order valence-electron chi connectivity index (χ2n) is 11.6. The monoisotopic (exact) mass is 580 g/mol. The number of para-hydroxylation sites is 1. The van der Waals surface area contributed by atoms with Crippen molar-refractivity contribution in [3.63, 3.8) is 0 Å². The molecule has 0 N–H and O–H groups in total. The third-order valence-electron chi connectivity index (χ3n) is 9.13. The molecule has 0 fully saturated rings. The molecule has 9 rings (SSSR count). The molecule has 0 amide bonds. The predicted octanol–water partition coefficient (Wildman–Crippen LogP) is 11.1. The lowest BCUT2D eigenvalue weighted by atomic mass is 9.90. The van der Waals surface area contributed by atoms with Crippen molar-refractivity contribution in [2.75, 3.05) is 7.05 Å². The highest BCUT2D eigenvalue weighted by atomic mass is 32.1. The summed E-state index contributed by atoms with van der Waals surface area (Å²) < 4.78 is 2.67. The fourth-order valence-corrected chi connectivity index (χ4v) is 8.21. The molecule has 1 unspecified atom stereocenters. The van der Waals surface area contributed by atoms with E-state index in [2.05, 4.69) is 158 Å². The molecule has 0 saturated heterocycles. The Morgan fingerprint density at radius 1 is 0.568 bits per heavy atom. The van der Waals surface area contributed by atoms with E-state index in [9.17, 15) is 0 Å². The molecule has 3 heteroatoms. The quantitative estimate of drug-likeness (QED) is 0.203. The molecule has 8 aromatic rings. The van der Waals surface area contributed by atoms with Crippen LogP contribution in [-0.2, 0) is 0 Å². The van der Waals surface area contributed by atoms with Gasteiger partial charge in [0.15, 0.2) is 0 Å². The van der Waals surface area contributed by atoms with Gasteiger partial charge in [-0.05, 0) is 62.5 Å². The summed E-state index contributed by atoms with van der Waals surface area (Å²) in [5.41, 5.74) is 7.14. The lowest BCUT2D eigenvalue weighted by molar-refractivity contribution is 0.422. The summed E-state index contributed by atoms with van der Waals surface area (Å²) in [4.78, 5) is 7.61.